The number of hydrogen-bond donors (Lipinski definition) is 1. The number of benzene rings is 1. The third kappa shape index (κ3) is 3.73. The van der Waals surface area contributed by atoms with Gasteiger partial charge in [0.05, 0.1) is 5.92 Å². The van der Waals surface area contributed by atoms with Crippen molar-refractivity contribution in [3.8, 4) is 0 Å². The number of carbonyl (C=O) groups excluding carboxylic acids is 2. The van der Waals surface area contributed by atoms with Crippen LogP contribution in [0.1, 0.15) is 13.3 Å². The molecule has 108 valence electrons. The molecular formula is C15H20N2O3. The summed E-state index contributed by atoms with van der Waals surface area (Å²) in [6, 6.07) is 7.46. The van der Waals surface area contributed by atoms with Crippen molar-refractivity contribution < 1.29 is 14.3 Å². The van der Waals surface area contributed by atoms with Crippen molar-refractivity contribution in [1.82, 2.24) is 0 Å². The Labute approximate surface area is 118 Å². The van der Waals surface area contributed by atoms with E-state index in [1.165, 1.54) is 0 Å². The van der Waals surface area contributed by atoms with Gasteiger partial charge in [-0.05, 0) is 36.6 Å². The molecule has 1 aromatic rings. The average molecular weight is 276 g/mol. The van der Waals surface area contributed by atoms with Gasteiger partial charge in [-0.1, -0.05) is 6.92 Å². The zero-order chi connectivity index (χ0) is 14.7. The van der Waals surface area contributed by atoms with E-state index in [1.807, 2.05) is 50.2 Å². The van der Waals surface area contributed by atoms with Crippen molar-refractivity contribution in [3.05, 3.63) is 24.3 Å². The van der Waals surface area contributed by atoms with Crippen LogP contribution >= 0.6 is 0 Å². The largest absolute Gasteiger partial charge is 0.455 e. The first-order chi connectivity index (χ1) is 9.47. The van der Waals surface area contributed by atoms with Crippen LogP contribution in [0.3, 0.4) is 0 Å². The second-order valence-electron chi connectivity index (χ2n) is 5.42. The molecule has 0 aliphatic heterocycles. The van der Waals surface area contributed by atoms with Gasteiger partial charge in [0.2, 0.25) is 0 Å². The molecular weight excluding hydrogens is 256 g/mol. The minimum Gasteiger partial charge on any atom is -0.455 e. The van der Waals surface area contributed by atoms with Crippen LogP contribution in [-0.4, -0.2) is 32.6 Å². The molecule has 0 unspecified atom stereocenters. The van der Waals surface area contributed by atoms with Gasteiger partial charge < -0.3 is 15.0 Å². The molecule has 0 heterocycles. The fourth-order valence-corrected chi connectivity index (χ4v) is 1.93. The maximum atomic E-state index is 11.7. The Balaban J connectivity index is 1.77. The molecule has 20 heavy (non-hydrogen) atoms. The van der Waals surface area contributed by atoms with Crippen molar-refractivity contribution in [2.75, 3.05) is 30.9 Å². The van der Waals surface area contributed by atoms with Gasteiger partial charge in [-0.3, -0.25) is 9.59 Å². The maximum Gasteiger partial charge on any atom is 0.309 e. The van der Waals surface area contributed by atoms with Crippen LogP contribution in [0.4, 0.5) is 11.4 Å². The van der Waals surface area contributed by atoms with Gasteiger partial charge in [0.15, 0.2) is 6.61 Å². The lowest BCUT2D eigenvalue weighted by molar-refractivity contribution is -0.148. The molecule has 0 bridgehead atoms. The predicted molar refractivity (Wildman–Crippen MR) is 77.6 cm³/mol. The molecule has 1 aliphatic carbocycles. The van der Waals surface area contributed by atoms with Crippen LogP contribution in [0.2, 0.25) is 0 Å². The lowest BCUT2D eigenvalue weighted by Crippen LogP contribution is -2.21. The Kier molecular flexibility index (Phi) is 4.27. The number of anilines is 2. The zero-order valence-electron chi connectivity index (χ0n) is 12.1. The number of nitrogens with zero attached hydrogens (tertiary/aromatic N) is 1. The molecule has 0 radical (unpaired) electrons. The van der Waals surface area contributed by atoms with E-state index in [0.29, 0.717) is 11.6 Å². The smallest absolute Gasteiger partial charge is 0.309 e. The third-order valence-corrected chi connectivity index (χ3v) is 3.43. The minimum atomic E-state index is -0.316. The fraction of sp³-hybridized carbons (Fsp3) is 0.467. The summed E-state index contributed by atoms with van der Waals surface area (Å²) in [7, 11) is 3.90. The third-order valence-electron chi connectivity index (χ3n) is 3.43. The fourth-order valence-electron chi connectivity index (χ4n) is 1.93. The van der Waals surface area contributed by atoms with Gasteiger partial charge in [-0.15, -0.1) is 0 Å². The Bertz CT molecular complexity index is 496. The van der Waals surface area contributed by atoms with E-state index in [9.17, 15) is 9.59 Å². The topological polar surface area (TPSA) is 58.6 Å². The maximum absolute atomic E-state index is 11.7. The summed E-state index contributed by atoms with van der Waals surface area (Å²) in [6.45, 7) is 1.77. The summed E-state index contributed by atoms with van der Waals surface area (Å²) in [5.41, 5.74) is 1.74. The first-order valence-electron chi connectivity index (χ1n) is 6.71. The highest BCUT2D eigenvalue weighted by atomic mass is 16.5. The molecule has 1 aliphatic rings. The van der Waals surface area contributed by atoms with Crippen LogP contribution in [0.5, 0.6) is 0 Å². The van der Waals surface area contributed by atoms with Crippen LogP contribution in [-0.2, 0) is 14.3 Å². The van der Waals surface area contributed by atoms with Crippen molar-refractivity contribution in [2.24, 2.45) is 11.8 Å². The molecule has 0 saturated heterocycles. The predicted octanol–water partition coefficient (Wildman–Crippen LogP) is 1.89. The van der Waals surface area contributed by atoms with Crippen LogP contribution < -0.4 is 10.2 Å². The Morgan fingerprint density at radius 2 is 1.90 bits per heavy atom. The van der Waals surface area contributed by atoms with Crippen molar-refractivity contribution in [1.29, 1.82) is 0 Å². The van der Waals surface area contributed by atoms with E-state index in [1.54, 1.807) is 0 Å². The molecule has 1 amide bonds. The molecule has 1 aromatic carbocycles. The summed E-state index contributed by atoms with van der Waals surface area (Å²) in [6.07, 6.45) is 0.868. The van der Waals surface area contributed by atoms with Crippen molar-refractivity contribution >= 4 is 23.3 Å². The number of carbonyl (C=O) groups is 2. The minimum absolute atomic E-state index is 0.0119. The molecule has 1 saturated carbocycles. The molecule has 1 N–H and O–H groups in total. The molecule has 5 heteroatoms. The van der Waals surface area contributed by atoms with E-state index in [4.69, 9.17) is 4.74 Å². The molecule has 0 spiro atoms. The zero-order valence-corrected chi connectivity index (χ0v) is 12.1. The summed E-state index contributed by atoms with van der Waals surface area (Å²) >= 11 is 0. The van der Waals surface area contributed by atoms with Crippen LogP contribution in [0.15, 0.2) is 24.3 Å². The first-order valence-corrected chi connectivity index (χ1v) is 6.71. The second kappa shape index (κ2) is 5.94. The molecule has 1 fully saturated rings. The standard InChI is InChI=1S/C15H20N2O3/c1-10-8-13(10)15(19)20-9-14(18)16-11-4-6-12(7-5-11)17(2)3/h4-7,10,13H,8-9H2,1-3H3,(H,16,18)/t10-,13-/m1/s1. The van der Waals surface area contributed by atoms with E-state index >= 15 is 0 Å². The number of nitrogens with one attached hydrogen (secondary N) is 1. The lowest BCUT2D eigenvalue weighted by atomic mass is 10.2. The second-order valence-corrected chi connectivity index (χ2v) is 5.42. The van der Waals surface area contributed by atoms with Gasteiger partial charge in [0.1, 0.15) is 0 Å². The van der Waals surface area contributed by atoms with Crippen molar-refractivity contribution in [3.63, 3.8) is 0 Å². The molecule has 0 aromatic heterocycles. The number of amides is 1. The SMILES string of the molecule is C[C@@H]1C[C@H]1C(=O)OCC(=O)Nc1ccc(N(C)C)cc1. The monoisotopic (exact) mass is 276 g/mol. The first kappa shape index (κ1) is 14.4. The summed E-state index contributed by atoms with van der Waals surface area (Å²) < 4.78 is 4.97. The number of hydrogen-bond acceptors (Lipinski definition) is 4. The highest BCUT2D eigenvalue weighted by Crippen LogP contribution is 2.38. The summed E-state index contributed by atoms with van der Waals surface area (Å²) in [4.78, 5) is 25.1. The van der Waals surface area contributed by atoms with Crippen LogP contribution in [0.25, 0.3) is 0 Å². The highest BCUT2D eigenvalue weighted by Gasteiger charge is 2.40. The normalized spacial score (nSPS) is 20.1. The Hall–Kier alpha value is -2.04. The van der Waals surface area contributed by atoms with Gasteiger partial charge in [-0.2, -0.15) is 0 Å². The molecule has 2 rings (SSSR count). The molecule has 2 atom stereocenters. The summed E-state index contributed by atoms with van der Waals surface area (Å²) in [5, 5.41) is 2.70. The van der Waals surface area contributed by atoms with Crippen LogP contribution in [0, 0.1) is 11.8 Å². The van der Waals surface area contributed by atoms with Gasteiger partial charge in [0.25, 0.3) is 5.91 Å². The average Bonchev–Trinajstić information content (AvgIpc) is 3.14. The van der Waals surface area contributed by atoms with Crippen molar-refractivity contribution in [2.45, 2.75) is 13.3 Å². The lowest BCUT2D eigenvalue weighted by Gasteiger charge is -2.13. The molecule has 5 nitrogen and oxygen atoms in total. The highest BCUT2D eigenvalue weighted by molar-refractivity contribution is 5.93. The van der Waals surface area contributed by atoms with Gasteiger partial charge in [-0.25, -0.2) is 0 Å². The summed E-state index contributed by atoms with van der Waals surface area (Å²) in [5.74, 6) is -0.203. The Morgan fingerprint density at radius 3 is 2.40 bits per heavy atom. The van der Waals surface area contributed by atoms with E-state index in [0.717, 1.165) is 12.1 Å². The van der Waals surface area contributed by atoms with Gasteiger partial charge >= 0.3 is 5.97 Å². The quantitative estimate of drug-likeness (QED) is 0.834. The number of esters is 1. The van der Waals surface area contributed by atoms with E-state index < -0.39 is 0 Å². The van der Waals surface area contributed by atoms with E-state index in [2.05, 4.69) is 5.32 Å². The number of ether oxygens (including phenoxy) is 1. The Morgan fingerprint density at radius 1 is 1.30 bits per heavy atom. The van der Waals surface area contributed by atoms with Gasteiger partial charge in [0, 0.05) is 25.5 Å². The van der Waals surface area contributed by atoms with E-state index in [-0.39, 0.29) is 24.4 Å². The number of rotatable bonds is 5.